The summed E-state index contributed by atoms with van der Waals surface area (Å²) in [4.78, 5) is 18.4. The largest absolute Gasteiger partial charge is 0.497 e. The maximum absolute atomic E-state index is 12.3. The number of benzene rings is 1. The molecule has 1 aliphatic heterocycles. The Morgan fingerprint density at radius 3 is 2.74 bits per heavy atom. The molecule has 2 N–H and O–H groups in total. The lowest BCUT2D eigenvalue weighted by Gasteiger charge is -2.16. The summed E-state index contributed by atoms with van der Waals surface area (Å²) >= 11 is 0. The van der Waals surface area contributed by atoms with Crippen LogP contribution < -0.4 is 15.0 Å². The number of carbonyl (C=O) groups is 1. The van der Waals surface area contributed by atoms with Crippen LogP contribution in [0, 0.1) is 0 Å². The van der Waals surface area contributed by atoms with Gasteiger partial charge in [-0.15, -0.1) is 0 Å². The lowest BCUT2D eigenvalue weighted by atomic mass is 10.1. The Kier molecular flexibility index (Phi) is 4.74. The maximum atomic E-state index is 12.3. The number of nitrogens with one attached hydrogen (secondary N) is 2. The number of aromatic amines is 1. The predicted molar refractivity (Wildman–Crippen MR) is 103 cm³/mol. The summed E-state index contributed by atoms with van der Waals surface area (Å²) in [6, 6.07) is 13.4. The van der Waals surface area contributed by atoms with Crippen molar-refractivity contribution >= 4 is 11.7 Å². The standard InChI is InChI=1S/C20H21N5O2/c1-27-17-4-2-14(3-5-17)18-12-19(24-23-18)25-11-8-16(13-25)22-20(26)15-6-9-21-10-7-15/h2-7,9-10,12,16H,8,11,13H2,1H3,(H,22,26)(H,23,24)/t16-/m1/s1. The van der Waals surface area contributed by atoms with E-state index in [1.54, 1.807) is 31.6 Å². The van der Waals surface area contributed by atoms with E-state index in [1.807, 2.05) is 30.3 Å². The molecule has 0 saturated carbocycles. The van der Waals surface area contributed by atoms with Gasteiger partial charge in [0.2, 0.25) is 0 Å². The van der Waals surface area contributed by atoms with Gasteiger partial charge >= 0.3 is 0 Å². The van der Waals surface area contributed by atoms with E-state index in [4.69, 9.17) is 4.74 Å². The number of nitrogens with zero attached hydrogens (tertiary/aromatic N) is 3. The highest BCUT2D eigenvalue weighted by molar-refractivity contribution is 5.94. The van der Waals surface area contributed by atoms with Crippen molar-refractivity contribution in [3.8, 4) is 17.0 Å². The molecule has 1 fully saturated rings. The van der Waals surface area contributed by atoms with Crippen LogP contribution in [0.4, 0.5) is 5.82 Å². The number of H-pyrrole nitrogens is 1. The normalized spacial score (nSPS) is 16.3. The third kappa shape index (κ3) is 3.76. The number of aromatic nitrogens is 3. The first-order valence-electron chi connectivity index (χ1n) is 8.88. The minimum atomic E-state index is -0.0646. The second-order valence-corrected chi connectivity index (χ2v) is 6.51. The van der Waals surface area contributed by atoms with Crippen molar-refractivity contribution < 1.29 is 9.53 Å². The smallest absolute Gasteiger partial charge is 0.251 e. The second kappa shape index (κ2) is 7.49. The summed E-state index contributed by atoms with van der Waals surface area (Å²) in [5.41, 5.74) is 2.64. The minimum absolute atomic E-state index is 0.0646. The number of hydrogen-bond donors (Lipinski definition) is 2. The number of amides is 1. The van der Waals surface area contributed by atoms with E-state index in [-0.39, 0.29) is 11.9 Å². The zero-order chi connectivity index (χ0) is 18.6. The predicted octanol–water partition coefficient (Wildman–Crippen LogP) is 2.49. The summed E-state index contributed by atoms with van der Waals surface area (Å²) in [6.07, 6.45) is 4.14. The van der Waals surface area contributed by atoms with Crippen LogP contribution in [0.15, 0.2) is 54.9 Å². The Balaban J connectivity index is 1.39. The van der Waals surface area contributed by atoms with Crippen molar-refractivity contribution in [3.05, 3.63) is 60.4 Å². The lowest BCUT2D eigenvalue weighted by molar-refractivity contribution is 0.0940. The van der Waals surface area contributed by atoms with Gasteiger partial charge < -0.3 is 15.0 Å². The fourth-order valence-corrected chi connectivity index (χ4v) is 3.25. The zero-order valence-corrected chi connectivity index (χ0v) is 15.1. The molecule has 0 radical (unpaired) electrons. The maximum Gasteiger partial charge on any atom is 0.251 e. The number of anilines is 1. The second-order valence-electron chi connectivity index (χ2n) is 6.51. The molecular formula is C20H21N5O2. The van der Waals surface area contributed by atoms with Crippen molar-refractivity contribution in [1.29, 1.82) is 0 Å². The third-order valence-electron chi connectivity index (χ3n) is 4.76. The molecule has 2 aromatic heterocycles. The van der Waals surface area contributed by atoms with Gasteiger partial charge in [0.25, 0.3) is 5.91 Å². The van der Waals surface area contributed by atoms with Crippen LogP contribution in [0.3, 0.4) is 0 Å². The first-order chi connectivity index (χ1) is 13.2. The van der Waals surface area contributed by atoms with Gasteiger partial charge in [-0.25, -0.2) is 0 Å². The third-order valence-corrected chi connectivity index (χ3v) is 4.76. The van der Waals surface area contributed by atoms with Crippen molar-refractivity contribution in [3.63, 3.8) is 0 Å². The molecule has 1 atom stereocenters. The molecule has 1 saturated heterocycles. The van der Waals surface area contributed by atoms with Crippen LogP contribution in [0.5, 0.6) is 5.75 Å². The fraction of sp³-hybridized carbons (Fsp3) is 0.250. The molecule has 1 amide bonds. The van der Waals surface area contributed by atoms with E-state index in [1.165, 1.54) is 0 Å². The van der Waals surface area contributed by atoms with Gasteiger partial charge in [0, 0.05) is 43.2 Å². The highest BCUT2D eigenvalue weighted by atomic mass is 16.5. The molecule has 1 aliphatic rings. The quantitative estimate of drug-likeness (QED) is 0.728. The molecule has 4 rings (SSSR count). The van der Waals surface area contributed by atoms with Gasteiger partial charge in [-0.3, -0.25) is 14.9 Å². The van der Waals surface area contributed by atoms with E-state index in [0.29, 0.717) is 5.56 Å². The van der Waals surface area contributed by atoms with E-state index < -0.39 is 0 Å². The number of ether oxygens (including phenoxy) is 1. The van der Waals surface area contributed by atoms with E-state index >= 15 is 0 Å². The average molecular weight is 363 g/mol. The van der Waals surface area contributed by atoms with Crippen molar-refractivity contribution in [2.45, 2.75) is 12.5 Å². The van der Waals surface area contributed by atoms with Crippen LogP contribution in [-0.4, -0.2) is 47.3 Å². The molecule has 3 heterocycles. The highest BCUT2D eigenvalue weighted by Gasteiger charge is 2.26. The molecule has 0 spiro atoms. The summed E-state index contributed by atoms with van der Waals surface area (Å²) in [7, 11) is 1.65. The highest BCUT2D eigenvalue weighted by Crippen LogP contribution is 2.26. The zero-order valence-electron chi connectivity index (χ0n) is 15.1. The lowest BCUT2D eigenvalue weighted by Crippen LogP contribution is -2.37. The first-order valence-corrected chi connectivity index (χ1v) is 8.88. The molecule has 138 valence electrons. The Bertz CT molecular complexity index is 908. The summed E-state index contributed by atoms with van der Waals surface area (Å²) < 4.78 is 5.19. The molecule has 7 heteroatoms. The molecule has 1 aromatic carbocycles. The van der Waals surface area contributed by atoms with Crippen LogP contribution in [0.1, 0.15) is 16.8 Å². The molecule has 0 aliphatic carbocycles. The van der Waals surface area contributed by atoms with Gasteiger partial charge in [0.05, 0.1) is 12.8 Å². The monoisotopic (exact) mass is 363 g/mol. The Morgan fingerprint density at radius 1 is 1.22 bits per heavy atom. The van der Waals surface area contributed by atoms with Crippen molar-refractivity contribution in [1.82, 2.24) is 20.5 Å². The minimum Gasteiger partial charge on any atom is -0.497 e. The Morgan fingerprint density at radius 2 is 2.00 bits per heavy atom. The summed E-state index contributed by atoms with van der Waals surface area (Å²) in [6.45, 7) is 1.60. The Hall–Kier alpha value is -3.35. The van der Waals surface area contributed by atoms with Crippen LogP contribution in [0.2, 0.25) is 0 Å². The van der Waals surface area contributed by atoms with Gasteiger partial charge in [0.1, 0.15) is 5.75 Å². The van der Waals surface area contributed by atoms with Crippen LogP contribution in [0.25, 0.3) is 11.3 Å². The number of methoxy groups -OCH3 is 1. The molecule has 3 aromatic rings. The Labute approximate surface area is 157 Å². The fourth-order valence-electron chi connectivity index (χ4n) is 3.25. The molecule has 27 heavy (non-hydrogen) atoms. The number of pyridine rings is 1. The summed E-state index contributed by atoms with van der Waals surface area (Å²) in [5, 5.41) is 10.6. The van der Waals surface area contributed by atoms with E-state index in [9.17, 15) is 4.79 Å². The average Bonchev–Trinajstić information content (AvgIpc) is 3.38. The molecule has 0 unspecified atom stereocenters. The van der Waals surface area contributed by atoms with E-state index in [0.717, 1.165) is 42.3 Å². The van der Waals surface area contributed by atoms with Gasteiger partial charge in [-0.05, 0) is 48.4 Å². The molecule has 0 bridgehead atoms. The summed E-state index contributed by atoms with van der Waals surface area (Å²) in [5.74, 6) is 1.65. The van der Waals surface area contributed by atoms with Crippen LogP contribution >= 0.6 is 0 Å². The SMILES string of the molecule is COc1ccc(-c2cc(N3CC[C@@H](NC(=O)c4ccncc4)C3)n[nH]2)cc1. The van der Waals surface area contributed by atoms with Crippen molar-refractivity contribution in [2.75, 3.05) is 25.1 Å². The van der Waals surface area contributed by atoms with Crippen molar-refractivity contribution in [2.24, 2.45) is 0 Å². The van der Waals surface area contributed by atoms with Gasteiger partial charge in [-0.1, -0.05) is 0 Å². The molecular weight excluding hydrogens is 342 g/mol. The topological polar surface area (TPSA) is 83.1 Å². The van der Waals surface area contributed by atoms with E-state index in [2.05, 4.69) is 25.4 Å². The number of hydrogen-bond acceptors (Lipinski definition) is 5. The first kappa shape index (κ1) is 17.1. The van der Waals surface area contributed by atoms with Crippen LogP contribution in [-0.2, 0) is 0 Å². The number of rotatable bonds is 5. The van der Waals surface area contributed by atoms with Gasteiger partial charge in [-0.2, -0.15) is 5.10 Å². The van der Waals surface area contributed by atoms with Gasteiger partial charge in [0.15, 0.2) is 5.82 Å². The number of carbonyl (C=O) groups excluding carboxylic acids is 1. The molecule has 7 nitrogen and oxygen atoms in total.